The molecule has 0 aliphatic rings. The van der Waals surface area contributed by atoms with Gasteiger partial charge in [-0.25, -0.2) is 0 Å². The number of hydrogen-bond donors (Lipinski definition) is 1. The molecule has 3 aromatic carbocycles. The number of ketones is 1. The molecule has 0 spiro atoms. The number of rotatable bonds is 7. The number of aromatic hydroxyl groups is 1. The number of carbonyl (C=O) groups excluding carboxylic acids is 1. The molecule has 0 fully saturated rings. The van der Waals surface area contributed by atoms with Crippen LogP contribution in [0.15, 0.2) is 71.4 Å². The van der Waals surface area contributed by atoms with Crippen molar-refractivity contribution >= 4 is 34.4 Å². The van der Waals surface area contributed by atoms with Gasteiger partial charge < -0.3 is 23.7 Å². The Hall–Kier alpha value is -3.90. The van der Waals surface area contributed by atoms with Crippen LogP contribution in [0, 0.1) is 0 Å². The van der Waals surface area contributed by atoms with Crippen molar-refractivity contribution in [2.24, 2.45) is 0 Å². The van der Waals surface area contributed by atoms with E-state index in [0.717, 1.165) is 5.56 Å². The summed E-state index contributed by atoms with van der Waals surface area (Å²) in [6.07, 6.45) is 4.41. The van der Waals surface area contributed by atoms with E-state index < -0.39 is 5.78 Å². The Morgan fingerprint density at radius 2 is 1.75 bits per heavy atom. The van der Waals surface area contributed by atoms with Crippen LogP contribution in [0.5, 0.6) is 28.7 Å². The maximum Gasteiger partial charge on any atom is 0.205 e. The van der Waals surface area contributed by atoms with Crippen LogP contribution in [0.1, 0.15) is 15.9 Å². The smallest absolute Gasteiger partial charge is 0.205 e. The van der Waals surface area contributed by atoms with E-state index in [9.17, 15) is 9.90 Å². The minimum Gasteiger partial charge on any atom is -0.504 e. The summed E-state index contributed by atoms with van der Waals surface area (Å²) in [7, 11) is 2.81. The highest BCUT2D eigenvalue weighted by molar-refractivity contribution is 6.30. The summed E-state index contributed by atoms with van der Waals surface area (Å²) in [5.74, 6) is 0.721. The van der Waals surface area contributed by atoms with E-state index in [2.05, 4.69) is 0 Å². The third kappa shape index (κ3) is 4.13. The molecule has 0 radical (unpaired) electrons. The molecule has 4 rings (SSSR count). The average Bonchev–Trinajstić information content (AvgIpc) is 3.28. The van der Waals surface area contributed by atoms with Gasteiger partial charge in [0.25, 0.3) is 0 Å². The van der Waals surface area contributed by atoms with Crippen molar-refractivity contribution in [3.05, 3.63) is 83.1 Å². The molecule has 0 unspecified atom stereocenters. The Morgan fingerprint density at radius 1 is 1.00 bits per heavy atom. The molecule has 32 heavy (non-hydrogen) atoms. The molecule has 0 bridgehead atoms. The van der Waals surface area contributed by atoms with Crippen molar-refractivity contribution in [1.82, 2.24) is 0 Å². The molecule has 0 aliphatic heterocycles. The number of halogens is 1. The SMILES string of the molecule is COc1c(C(=O)/C=C/c2cccc(Oc3ccc(Cl)cc3)c2)c(O)c(OC)c2occc12. The van der Waals surface area contributed by atoms with Gasteiger partial charge in [-0.05, 0) is 54.1 Å². The number of phenols is 1. The second kappa shape index (κ2) is 9.08. The quantitative estimate of drug-likeness (QED) is 0.256. The highest BCUT2D eigenvalue weighted by Crippen LogP contribution is 2.45. The summed E-state index contributed by atoms with van der Waals surface area (Å²) in [5, 5.41) is 11.8. The number of carbonyl (C=O) groups is 1. The number of allylic oxidation sites excluding steroid dienone is 1. The van der Waals surface area contributed by atoms with Gasteiger partial charge in [0.05, 0.1) is 25.9 Å². The molecule has 0 saturated carbocycles. The molecule has 0 saturated heterocycles. The number of furan rings is 1. The van der Waals surface area contributed by atoms with Crippen molar-refractivity contribution in [3.8, 4) is 28.7 Å². The van der Waals surface area contributed by atoms with E-state index in [-0.39, 0.29) is 22.8 Å². The normalized spacial score (nSPS) is 11.1. The largest absolute Gasteiger partial charge is 0.504 e. The van der Waals surface area contributed by atoms with Crippen molar-refractivity contribution in [1.29, 1.82) is 0 Å². The molecule has 4 aromatic rings. The second-order valence-electron chi connectivity index (χ2n) is 6.78. The number of benzene rings is 3. The first-order valence-corrected chi connectivity index (χ1v) is 9.99. The number of methoxy groups -OCH3 is 2. The summed E-state index contributed by atoms with van der Waals surface area (Å²) in [5.41, 5.74) is 1.03. The molecule has 7 heteroatoms. The van der Waals surface area contributed by atoms with Crippen LogP contribution >= 0.6 is 11.6 Å². The summed E-state index contributed by atoms with van der Waals surface area (Å²) in [6.45, 7) is 0. The van der Waals surface area contributed by atoms with Crippen molar-refractivity contribution < 1.29 is 28.5 Å². The topological polar surface area (TPSA) is 78.1 Å². The molecule has 0 atom stereocenters. The van der Waals surface area contributed by atoms with Crippen LogP contribution in [0.3, 0.4) is 0 Å². The fraction of sp³-hybridized carbons (Fsp3) is 0.0800. The van der Waals surface area contributed by atoms with E-state index in [1.807, 2.05) is 12.1 Å². The first-order valence-electron chi connectivity index (χ1n) is 9.61. The molecule has 1 aromatic heterocycles. The monoisotopic (exact) mass is 450 g/mol. The minimum atomic E-state index is -0.454. The summed E-state index contributed by atoms with van der Waals surface area (Å²) < 4.78 is 21.9. The van der Waals surface area contributed by atoms with E-state index in [4.69, 9.17) is 30.2 Å². The van der Waals surface area contributed by atoms with Crippen molar-refractivity contribution in [2.45, 2.75) is 0 Å². The number of fused-ring (bicyclic) bond motifs is 1. The van der Waals surface area contributed by atoms with Gasteiger partial charge >= 0.3 is 0 Å². The van der Waals surface area contributed by atoms with Crippen molar-refractivity contribution in [2.75, 3.05) is 14.2 Å². The van der Waals surface area contributed by atoms with Crippen LogP contribution in [0.25, 0.3) is 17.0 Å². The van der Waals surface area contributed by atoms with Crippen molar-refractivity contribution in [3.63, 3.8) is 0 Å². The molecule has 0 aliphatic carbocycles. The van der Waals surface area contributed by atoms with E-state index in [0.29, 0.717) is 27.5 Å². The van der Waals surface area contributed by atoms with E-state index >= 15 is 0 Å². The number of hydrogen-bond acceptors (Lipinski definition) is 6. The van der Waals surface area contributed by atoms with Crippen LogP contribution < -0.4 is 14.2 Å². The molecule has 0 amide bonds. The predicted molar refractivity (Wildman–Crippen MR) is 122 cm³/mol. The molecular weight excluding hydrogens is 432 g/mol. The van der Waals surface area contributed by atoms with Gasteiger partial charge in [0, 0.05) is 5.02 Å². The van der Waals surface area contributed by atoms with Gasteiger partial charge in [-0.1, -0.05) is 29.8 Å². The Kier molecular flexibility index (Phi) is 6.05. The lowest BCUT2D eigenvalue weighted by Gasteiger charge is -2.13. The molecule has 6 nitrogen and oxygen atoms in total. The Labute approximate surface area is 189 Å². The summed E-state index contributed by atoms with van der Waals surface area (Å²) >= 11 is 5.90. The first-order chi connectivity index (χ1) is 15.5. The molecule has 1 heterocycles. The zero-order valence-electron chi connectivity index (χ0n) is 17.3. The minimum absolute atomic E-state index is 0.0110. The van der Waals surface area contributed by atoms with E-state index in [1.54, 1.807) is 48.5 Å². The zero-order chi connectivity index (χ0) is 22.7. The standard InChI is InChI=1S/C25H19ClO6/c1-29-23-19-12-13-31-24(19)25(30-2)22(28)21(23)20(27)11-6-15-4-3-5-18(14-15)32-17-9-7-16(26)8-10-17/h3-14,28H,1-2H3/b11-6+. The Bertz CT molecular complexity index is 1300. The predicted octanol–water partition coefficient (Wildman–Crippen LogP) is 6.50. The Morgan fingerprint density at radius 3 is 2.47 bits per heavy atom. The zero-order valence-corrected chi connectivity index (χ0v) is 18.1. The number of ether oxygens (including phenoxy) is 3. The van der Waals surface area contributed by atoms with Gasteiger partial charge in [0.1, 0.15) is 22.8 Å². The Balaban J connectivity index is 1.63. The van der Waals surface area contributed by atoms with Gasteiger partial charge in [0.2, 0.25) is 5.75 Å². The lowest BCUT2D eigenvalue weighted by molar-refractivity contribution is 0.104. The fourth-order valence-corrected chi connectivity index (χ4v) is 3.46. The highest BCUT2D eigenvalue weighted by atomic mass is 35.5. The van der Waals surface area contributed by atoms with Gasteiger partial charge in [-0.2, -0.15) is 0 Å². The van der Waals surface area contributed by atoms with Crippen LogP contribution in [0.2, 0.25) is 5.02 Å². The van der Waals surface area contributed by atoms with Crippen LogP contribution in [-0.2, 0) is 0 Å². The molecular formula is C25H19ClO6. The van der Waals surface area contributed by atoms with Crippen LogP contribution in [-0.4, -0.2) is 25.1 Å². The van der Waals surface area contributed by atoms with E-state index in [1.165, 1.54) is 26.6 Å². The first kappa shape index (κ1) is 21.3. The fourth-order valence-electron chi connectivity index (χ4n) is 3.33. The third-order valence-corrected chi connectivity index (χ3v) is 5.04. The molecule has 162 valence electrons. The maximum atomic E-state index is 13.0. The summed E-state index contributed by atoms with van der Waals surface area (Å²) in [4.78, 5) is 13.0. The van der Waals surface area contributed by atoms with Crippen LogP contribution in [0.4, 0.5) is 0 Å². The summed E-state index contributed by atoms with van der Waals surface area (Å²) in [6, 6.07) is 15.9. The average molecular weight is 451 g/mol. The van der Waals surface area contributed by atoms with Gasteiger partial charge in [-0.15, -0.1) is 0 Å². The van der Waals surface area contributed by atoms with Gasteiger partial charge in [-0.3, -0.25) is 4.79 Å². The number of phenolic OH excluding ortho intramolecular Hbond substituents is 1. The highest BCUT2D eigenvalue weighted by Gasteiger charge is 2.26. The third-order valence-electron chi connectivity index (χ3n) is 4.78. The lowest BCUT2D eigenvalue weighted by atomic mass is 10.0. The second-order valence-corrected chi connectivity index (χ2v) is 7.22. The van der Waals surface area contributed by atoms with Gasteiger partial charge in [0.15, 0.2) is 17.1 Å². The maximum absolute atomic E-state index is 13.0. The molecule has 1 N–H and O–H groups in total. The lowest BCUT2D eigenvalue weighted by Crippen LogP contribution is -2.02.